The van der Waals surface area contributed by atoms with Crippen LogP contribution in [0.5, 0.6) is 5.75 Å². The predicted octanol–water partition coefficient (Wildman–Crippen LogP) is 2.48. The smallest absolute Gasteiger partial charge is 0.427 e. The lowest BCUT2D eigenvalue weighted by Gasteiger charge is -2.08. The molecule has 5 heteroatoms. The zero-order valence-corrected chi connectivity index (χ0v) is 11.1. The van der Waals surface area contributed by atoms with Gasteiger partial charge in [0, 0.05) is 5.56 Å². The summed E-state index contributed by atoms with van der Waals surface area (Å²) in [7, 11) is 0. The number of phenolic OH excluding ortho intramolecular Hbond substituents is 1. The SMILES string of the molecule is CCOC(=O)N/N=C(\C)c1cc(C)c(C)cc1O. The number of benzene rings is 1. The van der Waals surface area contributed by atoms with Crippen LogP contribution in [-0.2, 0) is 4.74 Å². The van der Waals surface area contributed by atoms with Gasteiger partial charge in [-0.1, -0.05) is 0 Å². The van der Waals surface area contributed by atoms with Crippen LogP contribution in [-0.4, -0.2) is 23.5 Å². The number of rotatable bonds is 3. The summed E-state index contributed by atoms with van der Waals surface area (Å²) in [4.78, 5) is 11.1. The topological polar surface area (TPSA) is 70.9 Å². The molecule has 0 aliphatic carbocycles. The minimum atomic E-state index is -0.611. The number of nitrogens with zero attached hydrogens (tertiary/aromatic N) is 1. The zero-order valence-electron chi connectivity index (χ0n) is 11.1. The number of amides is 1. The van der Waals surface area contributed by atoms with Crippen molar-refractivity contribution < 1.29 is 14.6 Å². The van der Waals surface area contributed by atoms with Gasteiger partial charge in [0.25, 0.3) is 0 Å². The van der Waals surface area contributed by atoms with Crippen LogP contribution in [0, 0.1) is 13.8 Å². The van der Waals surface area contributed by atoms with Gasteiger partial charge in [-0.05, 0) is 51.0 Å². The van der Waals surface area contributed by atoms with Crippen molar-refractivity contribution in [3.8, 4) is 5.75 Å². The molecule has 2 N–H and O–H groups in total. The van der Waals surface area contributed by atoms with E-state index in [4.69, 9.17) is 0 Å². The minimum Gasteiger partial charge on any atom is -0.507 e. The number of nitrogens with one attached hydrogen (secondary N) is 1. The highest BCUT2D eigenvalue weighted by molar-refractivity contribution is 6.01. The van der Waals surface area contributed by atoms with E-state index in [0.29, 0.717) is 11.3 Å². The van der Waals surface area contributed by atoms with Crippen molar-refractivity contribution in [2.45, 2.75) is 27.7 Å². The second-order valence-electron chi connectivity index (χ2n) is 3.98. The molecule has 0 fully saturated rings. The van der Waals surface area contributed by atoms with Gasteiger partial charge in [-0.2, -0.15) is 5.10 Å². The van der Waals surface area contributed by atoms with Crippen molar-refractivity contribution in [1.82, 2.24) is 5.43 Å². The highest BCUT2D eigenvalue weighted by Crippen LogP contribution is 2.22. The third-order valence-corrected chi connectivity index (χ3v) is 2.59. The number of ether oxygens (including phenoxy) is 1. The number of aromatic hydroxyl groups is 1. The maximum atomic E-state index is 11.1. The van der Waals surface area contributed by atoms with Gasteiger partial charge in [0.05, 0.1) is 12.3 Å². The fourth-order valence-electron chi connectivity index (χ4n) is 1.44. The normalized spacial score (nSPS) is 11.2. The summed E-state index contributed by atoms with van der Waals surface area (Å²) in [6.07, 6.45) is -0.611. The number of aryl methyl sites for hydroxylation is 2. The summed E-state index contributed by atoms with van der Waals surface area (Å²) in [6, 6.07) is 3.50. The lowest BCUT2D eigenvalue weighted by Crippen LogP contribution is -2.20. The van der Waals surface area contributed by atoms with E-state index in [-0.39, 0.29) is 12.4 Å². The molecule has 0 spiro atoms. The lowest BCUT2D eigenvalue weighted by molar-refractivity contribution is 0.152. The molecule has 5 nitrogen and oxygen atoms in total. The summed E-state index contributed by atoms with van der Waals surface area (Å²) in [5.41, 5.74) is 5.42. The Kier molecular flexibility index (Phi) is 4.71. The third kappa shape index (κ3) is 3.48. The van der Waals surface area contributed by atoms with Gasteiger partial charge < -0.3 is 9.84 Å². The molecule has 1 aromatic rings. The predicted molar refractivity (Wildman–Crippen MR) is 69.9 cm³/mol. The van der Waals surface area contributed by atoms with Crippen molar-refractivity contribution in [2.75, 3.05) is 6.61 Å². The van der Waals surface area contributed by atoms with E-state index in [1.807, 2.05) is 19.9 Å². The molecule has 0 unspecified atom stereocenters. The molecule has 0 saturated heterocycles. The molecule has 0 bridgehead atoms. The van der Waals surface area contributed by atoms with Crippen LogP contribution in [0.4, 0.5) is 4.79 Å². The molecule has 0 aliphatic heterocycles. The van der Waals surface area contributed by atoms with Gasteiger partial charge in [0.2, 0.25) is 0 Å². The standard InChI is InChI=1S/C13H18N2O3/c1-5-18-13(17)15-14-10(4)11-6-8(2)9(3)7-12(11)16/h6-7,16H,5H2,1-4H3,(H,15,17)/b14-10+. The molecule has 1 rings (SSSR count). The minimum absolute atomic E-state index is 0.144. The summed E-state index contributed by atoms with van der Waals surface area (Å²) in [6.45, 7) is 7.57. The van der Waals surface area contributed by atoms with Gasteiger partial charge >= 0.3 is 6.09 Å². The van der Waals surface area contributed by atoms with Gasteiger partial charge in [0.15, 0.2) is 0 Å². The zero-order chi connectivity index (χ0) is 13.7. The molecule has 98 valence electrons. The van der Waals surface area contributed by atoms with E-state index >= 15 is 0 Å². The number of hydrogen-bond donors (Lipinski definition) is 2. The highest BCUT2D eigenvalue weighted by Gasteiger charge is 2.08. The lowest BCUT2D eigenvalue weighted by atomic mass is 10.0. The van der Waals surface area contributed by atoms with E-state index in [9.17, 15) is 9.90 Å². The molecule has 0 saturated carbocycles. The van der Waals surface area contributed by atoms with Crippen LogP contribution in [0.15, 0.2) is 17.2 Å². The maximum Gasteiger partial charge on any atom is 0.427 e. The van der Waals surface area contributed by atoms with Crippen molar-refractivity contribution in [1.29, 1.82) is 0 Å². The molecule has 1 amide bonds. The summed E-state index contributed by atoms with van der Waals surface area (Å²) >= 11 is 0. The van der Waals surface area contributed by atoms with E-state index in [0.717, 1.165) is 11.1 Å². The van der Waals surface area contributed by atoms with Crippen molar-refractivity contribution in [3.05, 3.63) is 28.8 Å². The number of carbonyl (C=O) groups is 1. The van der Waals surface area contributed by atoms with Crippen molar-refractivity contribution in [3.63, 3.8) is 0 Å². The van der Waals surface area contributed by atoms with E-state index in [1.165, 1.54) is 0 Å². The third-order valence-electron chi connectivity index (χ3n) is 2.59. The quantitative estimate of drug-likeness (QED) is 0.639. The Balaban J connectivity index is 2.90. The Morgan fingerprint density at radius 2 is 2.00 bits per heavy atom. The first-order valence-electron chi connectivity index (χ1n) is 5.73. The van der Waals surface area contributed by atoms with Crippen molar-refractivity contribution >= 4 is 11.8 Å². The fraction of sp³-hybridized carbons (Fsp3) is 0.385. The van der Waals surface area contributed by atoms with Gasteiger partial charge in [-0.25, -0.2) is 10.2 Å². The van der Waals surface area contributed by atoms with Gasteiger partial charge in [-0.15, -0.1) is 0 Å². The Bertz CT molecular complexity index is 481. The van der Waals surface area contributed by atoms with Crippen LogP contribution in [0.25, 0.3) is 0 Å². The molecule has 0 heterocycles. The van der Waals surface area contributed by atoms with Crippen LogP contribution in [0.1, 0.15) is 30.5 Å². The molecule has 1 aromatic carbocycles. The molecular formula is C13H18N2O3. The number of phenols is 1. The number of carbonyl (C=O) groups excluding carboxylic acids is 1. The first kappa shape index (κ1) is 14.0. The second kappa shape index (κ2) is 6.05. The molecular weight excluding hydrogens is 232 g/mol. The molecule has 0 aromatic heterocycles. The molecule has 0 atom stereocenters. The van der Waals surface area contributed by atoms with Crippen LogP contribution >= 0.6 is 0 Å². The average Bonchev–Trinajstić information content (AvgIpc) is 2.31. The average molecular weight is 250 g/mol. The number of hydrogen-bond acceptors (Lipinski definition) is 4. The fourth-order valence-corrected chi connectivity index (χ4v) is 1.44. The van der Waals surface area contributed by atoms with Crippen LogP contribution in [0.2, 0.25) is 0 Å². The maximum absolute atomic E-state index is 11.1. The highest BCUT2D eigenvalue weighted by atomic mass is 16.5. The second-order valence-corrected chi connectivity index (χ2v) is 3.98. The van der Waals surface area contributed by atoms with Gasteiger partial charge in [0.1, 0.15) is 5.75 Å². The largest absolute Gasteiger partial charge is 0.507 e. The van der Waals surface area contributed by atoms with E-state index in [1.54, 1.807) is 19.9 Å². The molecule has 0 aliphatic rings. The Labute approximate surface area is 106 Å². The summed E-state index contributed by atoms with van der Waals surface area (Å²) in [5.74, 6) is 0.144. The Morgan fingerprint density at radius 3 is 2.61 bits per heavy atom. The number of hydrazone groups is 1. The summed E-state index contributed by atoms with van der Waals surface area (Å²) < 4.78 is 4.68. The Morgan fingerprint density at radius 1 is 1.39 bits per heavy atom. The van der Waals surface area contributed by atoms with E-state index in [2.05, 4.69) is 15.3 Å². The summed E-state index contributed by atoms with van der Waals surface area (Å²) in [5, 5.41) is 13.7. The van der Waals surface area contributed by atoms with E-state index < -0.39 is 6.09 Å². The first-order chi connectivity index (χ1) is 8.45. The molecule has 0 radical (unpaired) electrons. The van der Waals surface area contributed by atoms with Crippen LogP contribution in [0.3, 0.4) is 0 Å². The monoisotopic (exact) mass is 250 g/mol. The Hall–Kier alpha value is -2.04. The molecule has 18 heavy (non-hydrogen) atoms. The van der Waals surface area contributed by atoms with Crippen LogP contribution < -0.4 is 5.43 Å². The van der Waals surface area contributed by atoms with Crippen molar-refractivity contribution in [2.24, 2.45) is 5.10 Å². The first-order valence-corrected chi connectivity index (χ1v) is 5.73. The van der Waals surface area contributed by atoms with Gasteiger partial charge in [-0.3, -0.25) is 0 Å².